The first-order chi connectivity index (χ1) is 9.68. The van der Waals surface area contributed by atoms with E-state index in [1.54, 1.807) is 0 Å². The highest BCUT2D eigenvalue weighted by Crippen LogP contribution is 2.24. The zero-order chi connectivity index (χ0) is 16.5. The van der Waals surface area contributed by atoms with Crippen LogP contribution in [-0.2, 0) is 9.47 Å². The summed E-state index contributed by atoms with van der Waals surface area (Å²) in [4.78, 5) is 23.1. The van der Waals surface area contributed by atoms with Crippen LogP contribution in [0, 0.1) is 5.41 Å². The summed E-state index contributed by atoms with van der Waals surface area (Å²) < 4.78 is 10.4. The molecule has 0 radical (unpaired) electrons. The van der Waals surface area contributed by atoms with Gasteiger partial charge in [-0.05, 0) is 34.1 Å². The summed E-state index contributed by atoms with van der Waals surface area (Å²) in [5, 5.41) is 5.33. The van der Waals surface area contributed by atoms with Crippen molar-refractivity contribution >= 4 is 12.2 Å². The number of alkyl carbamates (subject to hydrolysis) is 2. The molecular formula is C15H30N2O4. The van der Waals surface area contributed by atoms with Crippen molar-refractivity contribution in [2.24, 2.45) is 5.41 Å². The van der Waals surface area contributed by atoms with E-state index in [4.69, 9.17) is 9.47 Å². The Labute approximate surface area is 127 Å². The van der Waals surface area contributed by atoms with E-state index in [-0.39, 0.29) is 30.7 Å². The predicted molar refractivity (Wildman–Crippen MR) is 82.3 cm³/mol. The smallest absolute Gasteiger partial charge is 0.407 e. The molecule has 0 spiro atoms. The minimum absolute atomic E-state index is 0.0306. The van der Waals surface area contributed by atoms with Gasteiger partial charge in [-0.2, -0.15) is 0 Å². The molecular weight excluding hydrogens is 272 g/mol. The molecule has 0 aliphatic rings. The van der Waals surface area contributed by atoms with E-state index in [9.17, 15) is 9.59 Å². The number of ether oxygens (including phenoxy) is 2. The van der Waals surface area contributed by atoms with Crippen LogP contribution < -0.4 is 10.6 Å². The highest BCUT2D eigenvalue weighted by molar-refractivity contribution is 5.68. The van der Waals surface area contributed by atoms with Crippen molar-refractivity contribution < 1.29 is 19.1 Å². The van der Waals surface area contributed by atoms with Gasteiger partial charge in [-0.3, -0.25) is 0 Å². The highest BCUT2D eigenvalue weighted by Gasteiger charge is 2.28. The fourth-order valence-electron chi connectivity index (χ4n) is 1.82. The third-order valence-electron chi connectivity index (χ3n) is 2.77. The van der Waals surface area contributed by atoms with Crippen LogP contribution in [0.4, 0.5) is 9.59 Å². The largest absolute Gasteiger partial charge is 0.449 e. The fraction of sp³-hybridized carbons (Fsp3) is 0.867. The van der Waals surface area contributed by atoms with E-state index in [1.165, 1.54) is 0 Å². The van der Waals surface area contributed by atoms with Crippen LogP contribution in [0.2, 0.25) is 0 Å². The molecule has 0 saturated carbocycles. The number of rotatable bonds is 8. The predicted octanol–water partition coefficient (Wildman–Crippen LogP) is 3.06. The van der Waals surface area contributed by atoms with Gasteiger partial charge in [0.25, 0.3) is 0 Å². The molecule has 0 aromatic heterocycles. The van der Waals surface area contributed by atoms with Gasteiger partial charge >= 0.3 is 12.2 Å². The standard InChI is InChI=1S/C15H30N2O4/c1-7-8-15(6,9-20-13(18)16-11(2)3)10-21-14(19)17-12(4)5/h11-12H,7-10H2,1-6H3,(H,16,18)(H,17,19). The summed E-state index contributed by atoms with van der Waals surface area (Å²) in [5.74, 6) is 0. The van der Waals surface area contributed by atoms with Crippen LogP contribution in [0.15, 0.2) is 0 Å². The van der Waals surface area contributed by atoms with Gasteiger partial charge < -0.3 is 20.1 Å². The van der Waals surface area contributed by atoms with Gasteiger partial charge in [-0.1, -0.05) is 20.3 Å². The van der Waals surface area contributed by atoms with Crippen molar-refractivity contribution in [2.45, 2.75) is 66.5 Å². The third kappa shape index (κ3) is 9.98. The molecule has 2 N–H and O–H groups in total. The normalized spacial score (nSPS) is 11.4. The van der Waals surface area contributed by atoms with Crippen molar-refractivity contribution in [3.8, 4) is 0 Å². The lowest BCUT2D eigenvalue weighted by atomic mass is 9.87. The Morgan fingerprint density at radius 1 is 0.952 bits per heavy atom. The maximum Gasteiger partial charge on any atom is 0.407 e. The maximum atomic E-state index is 11.5. The van der Waals surface area contributed by atoms with Crippen molar-refractivity contribution in [3.63, 3.8) is 0 Å². The minimum Gasteiger partial charge on any atom is -0.449 e. The summed E-state index contributed by atoms with van der Waals surface area (Å²) in [5.41, 5.74) is -0.378. The van der Waals surface area contributed by atoms with Gasteiger partial charge in [-0.25, -0.2) is 9.59 Å². The van der Waals surface area contributed by atoms with Crippen LogP contribution in [0.25, 0.3) is 0 Å². The molecule has 6 heteroatoms. The number of carbonyl (C=O) groups excluding carboxylic acids is 2. The van der Waals surface area contributed by atoms with E-state index in [1.807, 2.05) is 41.5 Å². The van der Waals surface area contributed by atoms with E-state index >= 15 is 0 Å². The molecule has 0 aromatic carbocycles. The summed E-state index contributed by atoms with van der Waals surface area (Å²) in [6, 6.07) is 0.0611. The van der Waals surface area contributed by atoms with Gasteiger partial charge in [0.15, 0.2) is 0 Å². The van der Waals surface area contributed by atoms with Crippen LogP contribution in [0.5, 0.6) is 0 Å². The molecule has 0 aromatic rings. The Balaban J connectivity index is 4.34. The van der Waals surface area contributed by atoms with Gasteiger partial charge in [0.1, 0.15) is 13.2 Å². The molecule has 6 nitrogen and oxygen atoms in total. The average Bonchev–Trinajstić information content (AvgIpc) is 2.33. The maximum absolute atomic E-state index is 11.5. The van der Waals surface area contributed by atoms with Crippen molar-refractivity contribution in [3.05, 3.63) is 0 Å². The van der Waals surface area contributed by atoms with Crippen molar-refractivity contribution in [1.82, 2.24) is 10.6 Å². The topological polar surface area (TPSA) is 76.7 Å². The second-order valence-electron chi connectivity index (χ2n) is 6.31. The molecule has 21 heavy (non-hydrogen) atoms. The van der Waals surface area contributed by atoms with Gasteiger partial charge in [0.2, 0.25) is 0 Å². The molecule has 0 unspecified atom stereocenters. The number of hydrogen-bond donors (Lipinski definition) is 2. The molecule has 2 amide bonds. The van der Waals surface area contributed by atoms with Crippen molar-refractivity contribution in [1.29, 1.82) is 0 Å². The molecule has 0 rings (SSSR count). The zero-order valence-electron chi connectivity index (χ0n) is 14.1. The first kappa shape index (κ1) is 19.5. The molecule has 0 fully saturated rings. The third-order valence-corrected chi connectivity index (χ3v) is 2.77. The highest BCUT2D eigenvalue weighted by atomic mass is 16.6. The Kier molecular flexibility index (Phi) is 8.81. The Hall–Kier alpha value is -1.46. The number of carbonyl (C=O) groups is 2. The lowest BCUT2D eigenvalue weighted by molar-refractivity contribution is 0.0301. The van der Waals surface area contributed by atoms with E-state index in [0.29, 0.717) is 0 Å². The first-order valence-electron chi connectivity index (χ1n) is 7.55. The van der Waals surface area contributed by atoms with E-state index in [2.05, 4.69) is 10.6 Å². The van der Waals surface area contributed by atoms with E-state index < -0.39 is 12.2 Å². The number of nitrogens with one attached hydrogen (secondary N) is 2. The Morgan fingerprint density at radius 3 is 1.62 bits per heavy atom. The minimum atomic E-state index is -0.445. The molecule has 0 bridgehead atoms. The van der Waals surface area contributed by atoms with Crippen LogP contribution in [0.1, 0.15) is 54.4 Å². The average molecular weight is 302 g/mol. The summed E-state index contributed by atoms with van der Waals surface area (Å²) in [6.45, 7) is 11.9. The van der Waals surface area contributed by atoms with Gasteiger partial charge in [0.05, 0.1) is 0 Å². The lowest BCUT2D eigenvalue weighted by Crippen LogP contribution is -2.38. The molecule has 0 aliphatic heterocycles. The quantitative estimate of drug-likeness (QED) is 0.722. The summed E-state index contributed by atoms with van der Waals surface area (Å²) >= 11 is 0. The van der Waals surface area contributed by atoms with E-state index in [0.717, 1.165) is 12.8 Å². The SMILES string of the molecule is CCCC(C)(COC(=O)NC(C)C)COC(=O)NC(C)C. The summed E-state index contributed by atoms with van der Waals surface area (Å²) in [7, 11) is 0. The van der Waals surface area contributed by atoms with Gasteiger partial charge in [0, 0.05) is 17.5 Å². The zero-order valence-corrected chi connectivity index (χ0v) is 14.1. The van der Waals surface area contributed by atoms with Crippen LogP contribution >= 0.6 is 0 Å². The lowest BCUT2D eigenvalue weighted by Gasteiger charge is -2.28. The fourth-order valence-corrected chi connectivity index (χ4v) is 1.82. The Morgan fingerprint density at radius 2 is 1.33 bits per heavy atom. The van der Waals surface area contributed by atoms with Crippen LogP contribution in [-0.4, -0.2) is 37.5 Å². The first-order valence-corrected chi connectivity index (χ1v) is 7.55. The number of amides is 2. The monoisotopic (exact) mass is 302 g/mol. The van der Waals surface area contributed by atoms with Crippen molar-refractivity contribution in [2.75, 3.05) is 13.2 Å². The van der Waals surface area contributed by atoms with Gasteiger partial charge in [-0.15, -0.1) is 0 Å². The molecule has 0 saturated heterocycles. The summed E-state index contributed by atoms with van der Waals surface area (Å²) in [6.07, 6.45) is 0.829. The molecule has 0 atom stereocenters. The Bertz CT molecular complexity index is 304. The second kappa shape index (κ2) is 9.47. The molecule has 0 heterocycles. The number of hydrogen-bond acceptors (Lipinski definition) is 4. The van der Waals surface area contributed by atoms with Crippen LogP contribution in [0.3, 0.4) is 0 Å². The molecule has 124 valence electrons. The second-order valence-corrected chi connectivity index (χ2v) is 6.31. The molecule has 0 aliphatic carbocycles.